The standard InChI is InChI=1S/C15H11/c1-2-11-9-10-13-6-3-5-12-7-4-8-14(11)15(12)13/h1-11H. The van der Waals surface area contributed by atoms with Gasteiger partial charge in [-0.2, -0.15) is 0 Å². The van der Waals surface area contributed by atoms with Crippen molar-refractivity contribution in [3.8, 4) is 0 Å². The van der Waals surface area contributed by atoms with Gasteiger partial charge in [0.25, 0.3) is 0 Å². The molecule has 1 radical (unpaired) electrons. The minimum absolute atomic E-state index is 0.253. The molecule has 3 rings (SSSR count). The average Bonchev–Trinajstić information content (AvgIpc) is 2.30. The summed E-state index contributed by atoms with van der Waals surface area (Å²) in [5, 5.41) is 2.63. The molecule has 0 amide bonds. The van der Waals surface area contributed by atoms with Crippen LogP contribution in [0.3, 0.4) is 0 Å². The molecule has 1 atom stereocenters. The first-order valence-corrected chi connectivity index (χ1v) is 5.15. The second-order valence-corrected chi connectivity index (χ2v) is 3.87. The first-order valence-electron chi connectivity index (χ1n) is 5.15. The van der Waals surface area contributed by atoms with Crippen LogP contribution in [0, 0.1) is 6.58 Å². The maximum absolute atomic E-state index is 5.66. The van der Waals surface area contributed by atoms with Gasteiger partial charge in [0.05, 0.1) is 0 Å². The highest BCUT2D eigenvalue weighted by molar-refractivity contribution is 5.95. The molecule has 0 spiro atoms. The van der Waals surface area contributed by atoms with E-state index in [1.807, 2.05) is 0 Å². The molecule has 0 heteroatoms. The minimum atomic E-state index is 0.253. The highest BCUT2D eigenvalue weighted by atomic mass is 14.2. The highest BCUT2D eigenvalue weighted by Gasteiger charge is 2.13. The third-order valence-corrected chi connectivity index (χ3v) is 3.02. The molecule has 1 unspecified atom stereocenters. The molecule has 0 nitrogen and oxygen atoms in total. The molecule has 0 saturated carbocycles. The van der Waals surface area contributed by atoms with Gasteiger partial charge in [-0.1, -0.05) is 61.2 Å². The Morgan fingerprint density at radius 2 is 1.87 bits per heavy atom. The maximum atomic E-state index is 5.66. The van der Waals surface area contributed by atoms with E-state index in [0.29, 0.717) is 0 Å². The largest absolute Gasteiger partial charge is 0.0732 e. The van der Waals surface area contributed by atoms with Crippen LogP contribution in [0.2, 0.25) is 0 Å². The zero-order valence-electron chi connectivity index (χ0n) is 8.35. The molecule has 2 aromatic carbocycles. The third-order valence-electron chi connectivity index (χ3n) is 3.02. The summed E-state index contributed by atoms with van der Waals surface area (Å²) >= 11 is 0. The van der Waals surface area contributed by atoms with Crippen molar-refractivity contribution in [3.63, 3.8) is 0 Å². The van der Waals surface area contributed by atoms with E-state index < -0.39 is 0 Å². The number of hydrogen-bond donors (Lipinski definition) is 0. The molecule has 0 aliphatic heterocycles. The van der Waals surface area contributed by atoms with Gasteiger partial charge < -0.3 is 0 Å². The van der Waals surface area contributed by atoms with Crippen molar-refractivity contribution in [1.82, 2.24) is 0 Å². The lowest BCUT2D eigenvalue weighted by atomic mass is 9.86. The molecule has 1 aliphatic carbocycles. The summed E-state index contributed by atoms with van der Waals surface area (Å²) in [4.78, 5) is 0. The van der Waals surface area contributed by atoms with Gasteiger partial charge in [-0.05, 0) is 21.9 Å². The summed E-state index contributed by atoms with van der Waals surface area (Å²) in [6.45, 7) is 5.66. The minimum Gasteiger partial charge on any atom is -0.0732 e. The fraction of sp³-hybridized carbons (Fsp3) is 0.0667. The summed E-state index contributed by atoms with van der Waals surface area (Å²) in [5.41, 5.74) is 2.61. The molecule has 15 heavy (non-hydrogen) atoms. The van der Waals surface area contributed by atoms with Crippen LogP contribution in [0.4, 0.5) is 0 Å². The van der Waals surface area contributed by atoms with E-state index in [0.717, 1.165) is 0 Å². The van der Waals surface area contributed by atoms with E-state index in [2.05, 4.69) is 48.6 Å². The van der Waals surface area contributed by atoms with Crippen LogP contribution in [0.5, 0.6) is 0 Å². The molecule has 0 heterocycles. The molecule has 0 fully saturated rings. The third kappa shape index (κ3) is 1.15. The van der Waals surface area contributed by atoms with Crippen molar-refractivity contribution in [3.05, 3.63) is 66.3 Å². The van der Waals surface area contributed by atoms with E-state index in [1.54, 1.807) is 6.08 Å². The molecular formula is C15H11. The molecule has 2 aromatic rings. The number of allylic oxidation sites excluding steroid dienone is 2. The summed E-state index contributed by atoms with van der Waals surface area (Å²) < 4.78 is 0. The second kappa shape index (κ2) is 3.09. The van der Waals surface area contributed by atoms with Crippen LogP contribution < -0.4 is 0 Å². The quantitative estimate of drug-likeness (QED) is 0.640. The van der Waals surface area contributed by atoms with Gasteiger partial charge in [-0.25, -0.2) is 0 Å². The van der Waals surface area contributed by atoms with E-state index in [9.17, 15) is 0 Å². The maximum Gasteiger partial charge on any atom is 0.0211 e. The fourth-order valence-corrected chi connectivity index (χ4v) is 2.30. The Bertz CT molecular complexity index is 556. The van der Waals surface area contributed by atoms with Crippen LogP contribution in [-0.4, -0.2) is 0 Å². The van der Waals surface area contributed by atoms with Crippen LogP contribution in [0.25, 0.3) is 16.8 Å². The highest BCUT2D eigenvalue weighted by Crippen LogP contribution is 2.34. The predicted molar refractivity (Wildman–Crippen MR) is 64.6 cm³/mol. The molecule has 0 saturated heterocycles. The van der Waals surface area contributed by atoms with Crippen LogP contribution >= 0.6 is 0 Å². The van der Waals surface area contributed by atoms with Crippen LogP contribution in [0.15, 0.2) is 48.6 Å². The Balaban J connectivity index is 2.46. The smallest absolute Gasteiger partial charge is 0.0211 e. The summed E-state index contributed by atoms with van der Waals surface area (Å²) in [6, 6.07) is 12.8. The second-order valence-electron chi connectivity index (χ2n) is 3.87. The molecule has 0 bridgehead atoms. The first-order chi connectivity index (χ1) is 7.40. The van der Waals surface area contributed by atoms with Gasteiger partial charge in [0, 0.05) is 5.92 Å². The van der Waals surface area contributed by atoms with Gasteiger partial charge >= 0.3 is 0 Å². The SMILES string of the molecule is [CH]=CC1C=Cc2cccc3cccc1c23. The number of benzene rings is 2. The first kappa shape index (κ1) is 8.49. The lowest BCUT2D eigenvalue weighted by molar-refractivity contribution is 1.10. The lowest BCUT2D eigenvalue weighted by Gasteiger charge is -2.18. The summed E-state index contributed by atoms with van der Waals surface area (Å²) in [6.07, 6.45) is 6.06. The van der Waals surface area contributed by atoms with Crippen molar-refractivity contribution in [2.75, 3.05) is 0 Å². The van der Waals surface area contributed by atoms with Gasteiger partial charge in [-0.3, -0.25) is 0 Å². The average molecular weight is 191 g/mol. The van der Waals surface area contributed by atoms with E-state index >= 15 is 0 Å². The normalized spacial score (nSPS) is 18.0. The topological polar surface area (TPSA) is 0 Å². The van der Waals surface area contributed by atoms with Gasteiger partial charge in [0.15, 0.2) is 0 Å². The Hall–Kier alpha value is -1.82. The van der Waals surface area contributed by atoms with Crippen molar-refractivity contribution >= 4 is 16.8 Å². The number of rotatable bonds is 1. The van der Waals surface area contributed by atoms with Crippen molar-refractivity contribution in [2.24, 2.45) is 0 Å². The molecule has 71 valence electrons. The van der Waals surface area contributed by atoms with Crippen molar-refractivity contribution in [2.45, 2.75) is 5.92 Å². The van der Waals surface area contributed by atoms with E-state index in [-0.39, 0.29) is 5.92 Å². The Morgan fingerprint density at radius 1 is 1.07 bits per heavy atom. The Labute approximate surface area is 89.6 Å². The van der Waals surface area contributed by atoms with Crippen molar-refractivity contribution < 1.29 is 0 Å². The van der Waals surface area contributed by atoms with Gasteiger partial charge in [0.2, 0.25) is 0 Å². The monoisotopic (exact) mass is 191 g/mol. The van der Waals surface area contributed by atoms with Crippen molar-refractivity contribution in [1.29, 1.82) is 0 Å². The Kier molecular flexibility index (Phi) is 1.75. The zero-order valence-corrected chi connectivity index (χ0v) is 8.35. The summed E-state index contributed by atoms with van der Waals surface area (Å²) in [5.74, 6) is 0.253. The predicted octanol–water partition coefficient (Wildman–Crippen LogP) is 3.94. The van der Waals surface area contributed by atoms with Crippen LogP contribution in [0.1, 0.15) is 17.0 Å². The molecular weight excluding hydrogens is 180 g/mol. The van der Waals surface area contributed by atoms with Gasteiger partial charge in [-0.15, -0.1) is 0 Å². The van der Waals surface area contributed by atoms with Gasteiger partial charge in [0.1, 0.15) is 0 Å². The fourth-order valence-electron chi connectivity index (χ4n) is 2.30. The lowest BCUT2D eigenvalue weighted by Crippen LogP contribution is -1.98. The van der Waals surface area contributed by atoms with E-state index in [1.165, 1.54) is 21.9 Å². The molecule has 0 aromatic heterocycles. The van der Waals surface area contributed by atoms with Crippen LogP contribution in [-0.2, 0) is 0 Å². The zero-order chi connectivity index (χ0) is 10.3. The molecule has 1 aliphatic rings. The summed E-state index contributed by atoms with van der Waals surface area (Å²) in [7, 11) is 0. The Morgan fingerprint density at radius 3 is 2.67 bits per heavy atom. The molecule has 0 N–H and O–H groups in total. The van der Waals surface area contributed by atoms with E-state index in [4.69, 9.17) is 6.58 Å². The number of hydrogen-bond acceptors (Lipinski definition) is 0.